The predicted molar refractivity (Wildman–Crippen MR) is 98.1 cm³/mol. The van der Waals surface area contributed by atoms with Gasteiger partial charge in [-0.3, -0.25) is 4.79 Å². The van der Waals surface area contributed by atoms with E-state index in [0.717, 1.165) is 37.7 Å². The second-order valence-electron chi connectivity index (χ2n) is 7.10. The highest BCUT2D eigenvalue weighted by Crippen LogP contribution is 2.28. The molecule has 1 atom stereocenters. The van der Waals surface area contributed by atoms with Gasteiger partial charge in [-0.15, -0.1) is 0 Å². The fraction of sp³-hybridized carbons (Fsp3) is 0.667. The molecule has 1 amide bonds. The van der Waals surface area contributed by atoms with E-state index in [0.29, 0.717) is 25.4 Å². The third kappa shape index (κ3) is 4.54. The van der Waals surface area contributed by atoms with Gasteiger partial charge in [0, 0.05) is 37.8 Å². The Morgan fingerprint density at radius 2 is 2.04 bits per heavy atom. The lowest BCUT2D eigenvalue weighted by atomic mass is 10.0. The average Bonchev–Trinajstić information content (AvgIpc) is 3.21. The van der Waals surface area contributed by atoms with Crippen molar-refractivity contribution in [2.45, 2.75) is 50.3 Å². The molecular formula is C18H27N3O4S. The van der Waals surface area contributed by atoms with Gasteiger partial charge in [-0.1, -0.05) is 18.9 Å². The van der Waals surface area contributed by atoms with Crippen molar-refractivity contribution in [3.63, 3.8) is 0 Å². The van der Waals surface area contributed by atoms with Crippen LogP contribution in [0.25, 0.3) is 0 Å². The molecule has 1 saturated carbocycles. The second kappa shape index (κ2) is 8.35. The maximum absolute atomic E-state index is 12.7. The summed E-state index contributed by atoms with van der Waals surface area (Å²) in [5.74, 6) is 0.724. The number of carbonyl (C=O) groups excluding carboxylic acids is 1. The highest BCUT2D eigenvalue weighted by Gasteiger charge is 2.35. The number of likely N-dealkylation sites (tertiary alicyclic amines) is 1. The fourth-order valence-corrected chi connectivity index (χ4v) is 5.22. The molecule has 26 heavy (non-hydrogen) atoms. The van der Waals surface area contributed by atoms with Gasteiger partial charge in [0.25, 0.3) is 0 Å². The van der Waals surface area contributed by atoms with Gasteiger partial charge in [0.15, 0.2) is 0 Å². The minimum absolute atomic E-state index is 0.0924. The van der Waals surface area contributed by atoms with Gasteiger partial charge in [0.05, 0.1) is 12.4 Å². The van der Waals surface area contributed by atoms with Crippen LogP contribution in [0.4, 0.5) is 0 Å². The normalized spacial score (nSPS) is 21.7. The minimum Gasteiger partial charge on any atom is -0.481 e. The van der Waals surface area contributed by atoms with Crippen LogP contribution in [0.5, 0.6) is 5.88 Å². The first kappa shape index (κ1) is 19.1. The Labute approximate surface area is 155 Å². The van der Waals surface area contributed by atoms with E-state index in [1.165, 1.54) is 7.11 Å². The largest absolute Gasteiger partial charge is 0.481 e. The SMILES string of the molecule is COc1ccc(CNS(=O)(=O)[C@@H]2CCCN(C(=O)C3CCCC3)C2)cn1. The Morgan fingerprint density at radius 3 is 2.69 bits per heavy atom. The number of amides is 1. The number of ether oxygens (including phenoxy) is 1. The van der Waals surface area contributed by atoms with Crippen molar-refractivity contribution in [1.82, 2.24) is 14.6 Å². The number of hydrogen-bond donors (Lipinski definition) is 1. The number of methoxy groups -OCH3 is 1. The van der Waals surface area contributed by atoms with Gasteiger partial charge in [-0.05, 0) is 31.2 Å². The quantitative estimate of drug-likeness (QED) is 0.810. The molecule has 144 valence electrons. The summed E-state index contributed by atoms with van der Waals surface area (Å²) in [6.45, 7) is 1.15. The molecular weight excluding hydrogens is 354 g/mol. The number of sulfonamides is 1. The summed E-state index contributed by atoms with van der Waals surface area (Å²) in [7, 11) is -1.96. The van der Waals surface area contributed by atoms with Crippen molar-refractivity contribution in [1.29, 1.82) is 0 Å². The van der Waals surface area contributed by atoms with Crippen molar-refractivity contribution < 1.29 is 17.9 Å². The Bertz CT molecular complexity index is 714. The number of carbonyl (C=O) groups is 1. The van der Waals surface area contributed by atoms with Crippen LogP contribution >= 0.6 is 0 Å². The van der Waals surface area contributed by atoms with Crippen LogP contribution in [0.3, 0.4) is 0 Å². The van der Waals surface area contributed by atoms with Crippen LogP contribution in [0, 0.1) is 5.92 Å². The van der Waals surface area contributed by atoms with E-state index in [1.807, 2.05) is 0 Å². The third-order valence-electron chi connectivity index (χ3n) is 5.32. The highest BCUT2D eigenvalue weighted by atomic mass is 32.2. The molecule has 8 heteroatoms. The number of pyridine rings is 1. The smallest absolute Gasteiger partial charge is 0.225 e. The average molecular weight is 381 g/mol. The van der Waals surface area contributed by atoms with Crippen LogP contribution in [0.1, 0.15) is 44.1 Å². The van der Waals surface area contributed by atoms with E-state index in [1.54, 1.807) is 23.2 Å². The van der Waals surface area contributed by atoms with Crippen molar-refractivity contribution in [2.75, 3.05) is 20.2 Å². The monoisotopic (exact) mass is 381 g/mol. The number of aromatic nitrogens is 1. The topological polar surface area (TPSA) is 88.6 Å². The van der Waals surface area contributed by atoms with Crippen molar-refractivity contribution in [2.24, 2.45) is 5.92 Å². The lowest BCUT2D eigenvalue weighted by Gasteiger charge is -2.34. The van der Waals surface area contributed by atoms with Gasteiger partial charge in [-0.2, -0.15) is 0 Å². The molecule has 2 aliphatic rings. The number of nitrogens with one attached hydrogen (secondary N) is 1. The standard InChI is InChI=1S/C18H27N3O4S/c1-25-17-9-8-14(11-19-17)12-20-26(23,24)16-7-4-10-21(13-16)18(22)15-5-2-3-6-15/h8-9,11,15-16,20H,2-7,10,12-13H2,1H3/t16-/m1/s1. The lowest BCUT2D eigenvalue weighted by molar-refractivity contribution is -0.136. The maximum Gasteiger partial charge on any atom is 0.225 e. The summed E-state index contributed by atoms with van der Waals surface area (Å²) >= 11 is 0. The molecule has 7 nitrogen and oxygen atoms in total. The van der Waals surface area contributed by atoms with Gasteiger partial charge in [0.1, 0.15) is 0 Å². The number of hydrogen-bond acceptors (Lipinski definition) is 5. The summed E-state index contributed by atoms with van der Waals surface area (Å²) in [5.41, 5.74) is 0.768. The molecule has 1 aliphatic heterocycles. The molecule has 2 fully saturated rings. The third-order valence-corrected chi connectivity index (χ3v) is 7.13. The molecule has 1 N–H and O–H groups in total. The van der Waals surface area contributed by atoms with Crippen LogP contribution in [-0.4, -0.2) is 49.7 Å². The lowest BCUT2D eigenvalue weighted by Crippen LogP contribution is -2.49. The van der Waals surface area contributed by atoms with E-state index in [2.05, 4.69) is 9.71 Å². The van der Waals surface area contributed by atoms with Crippen molar-refractivity contribution in [3.8, 4) is 5.88 Å². The van der Waals surface area contributed by atoms with Crippen molar-refractivity contribution >= 4 is 15.9 Å². The Kier molecular flexibility index (Phi) is 6.13. The Hall–Kier alpha value is -1.67. The molecule has 2 heterocycles. The van der Waals surface area contributed by atoms with E-state index >= 15 is 0 Å². The summed E-state index contributed by atoms with van der Waals surface area (Å²) in [6.07, 6.45) is 6.99. The van der Waals surface area contributed by atoms with E-state index in [-0.39, 0.29) is 18.4 Å². The highest BCUT2D eigenvalue weighted by molar-refractivity contribution is 7.90. The van der Waals surface area contributed by atoms with Crippen LogP contribution < -0.4 is 9.46 Å². The van der Waals surface area contributed by atoms with Gasteiger partial charge >= 0.3 is 0 Å². The van der Waals surface area contributed by atoms with Crippen molar-refractivity contribution in [3.05, 3.63) is 23.9 Å². The zero-order chi connectivity index (χ0) is 18.6. The van der Waals surface area contributed by atoms with E-state index < -0.39 is 15.3 Å². The number of rotatable bonds is 6. The molecule has 1 aromatic rings. The number of nitrogens with zero attached hydrogens (tertiary/aromatic N) is 2. The van der Waals surface area contributed by atoms with Crippen LogP contribution in [0.15, 0.2) is 18.3 Å². The molecule has 0 radical (unpaired) electrons. The molecule has 1 aromatic heterocycles. The molecule has 1 saturated heterocycles. The van der Waals surface area contributed by atoms with E-state index in [9.17, 15) is 13.2 Å². The molecule has 0 aromatic carbocycles. The van der Waals surface area contributed by atoms with Crippen LogP contribution in [0.2, 0.25) is 0 Å². The first-order valence-electron chi connectivity index (χ1n) is 9.26. The predicted octanol–water partition coefficient (Wildman–Crippen LogP) is 1.69. The fourth-order valence-electron chi connectivity index (χ4n) is 3.76. The zero-order valence-corrected chi connectivity index (χ0v) is 16.0. The summed E-state index contributed by atoms with van der Waals surface area (Å²) in [6, 6.07) is 3.48. The second-order valence-corrected chi connectivity index (χ2v) is 9.15. The van der Waals surface area contributed by atoms with Gasteiger partial charge in [-0.25, -0.2) is 18.1 Å². The van der Waals surface area contributed by atoms with E-state index in [4.69, 9.17) is 4.74 Å². The summed E-state index contributed by atoms with van der Waals surface area (Å²) in [4.78, 5) is 18.4. The summed E-state index contributed by atoms with van der Waals surface area (Å²) < 4.78 is 33.0. The molecule has 1 aliphatic carbocycles. The molecule has 0 bridgehead atoms. The summed E-state index contributed by atoms with van der Waals surface area (Å²) in [5, 5.41) is -0.548. The first-order chi connectivity index (χ1) is 12.5. The first-order valence-corrected chi connectivity index (χ1v) is 10.8. The molecule has 0 unspecified atom stereocenters. The van der Waals surface area contributed by atoms with Gasteiger partial charge in [0.2, 0.25) is 21.8 Å². The van der Waals surface area contributed by atoms with Crippen LogP contribution in [-0.2, 0) is 21.4 Å². The molecule has 0 spiro atoms. The zero-order valence-electron chi connectivity index (χ0n) is 15.2. The minimum atomic E-state index is -3.49. The Balaban J connectivity index is 1.57. The maximum atomic E-state index is 12.7. The molecule has 3 rings (SSSR count). The van der Waals surface area contributed by atoms with Gasteiger partial charge < -0.3 is 9.64 Å². The Morgan fingerprint density at radius 1 is 1.27 bits per heavy atom. The number of piperidine rings is 1.